The number of benzene rings is 1. The first-order valence-electron chi connectivity index (χ1n) is 6.53. The lowest BCUT2D eigenvalue weighted by Gasteiger charge is -2.11. The topological polar surface area (TPSA) is 49.8 Å². The highest BCUT2D eigenvalue weighted by atomic mass is 19.4. The van der Waals surface area contributed by atoms with Crippen LogP contribution in [0.25, 0.3) is 0 Å². The van der Waals surface area contributed by atoms with E-state index in [1.807, 2.05) is 0 Å². The van der Waals surface area contributed by atoms with E-state index in [4.69, 9.17) is 0 Å². The van der Waals surface area contributed by atoms with Crippen molar-refractivity contribution < 1.29 is 13.2 Å². The van der Waals surface area contributed by atoms with Crippen LogP contribution < -0.4 is 10.6 Å². The quantitative estimate of drug-likeness (QED) is 0.815. The van der Waals surface area contributed by atoms with Crippen LogP contribution in [-0.2, 0) is 6.18 Å². The molecule has 0 radical (unpaired) electrons. The van der Waals surface area contributed by atoms with Crippen LogP contribution in [0.1, 0.15) is 11.4 Å². The fourth-order valence-corrected chi connectivity index (χ4v) is 1.79. The molecule has 0 aliphatic rings. The van der Waals surface area contributed by atoms with Gasteiger partial charge < -0.3 is 10.6 Å². The smallest absolute Gasteiger partial charge is 0.366 e. The third kappa shape index (κ3) is 4.21. The van der Waals surface area contributed by atoms with E-state index in [-0.39, 0.29) is 0 Å². The Hall–Kier alpha value is -2.57. The Morgan fingerprint density at radius 3 is 2.36 bits per heavy atom. The molecule has 2 aromatic rings. The first-order chi connectivity index (χ1) is 10.4. The Bertz CT molecular complexity index is 651. The molecule has 0 aliphatic carbocycles. The van der Waals surface area contributed by atoms with Gasteiger partial charge in [-0.2, -0.15) is 13.2 Å². The van der Waals surface area contributed by atoms with Gasteiger partial charge in [-0.15, -0.1) is 6.58 Å². The van der Waals surface area contributed by atoms with Crippen LogP contribution in [-0.4, -0.2) is 16.5 Å². The molecular formula is C15H15F3N4. The molecule has 2 rings (SSSR count). The van der Waals surface area contributed by atoms with Crippen molar-refractivity contribution in [3.05, 3.63) is 54.4 Å². The highest BCUT2D eigenvalue weighted by Crippen LogP contribution is 2.30. The lowest BCUT2D eigenvalue weighted by Crippen LogP contribution is -2.06. The van der Waals surface area contributed by atoms with Crippen molar-refractivity contribution in [2.45, 2.75) is 13.1 Å². The van der Waals surface area contributed by atoms with Crippen LogP contribution in [0.15, 0.2) is 43.0 Å². The highest BCUT2D eigenvalue weighted by molar-refractivity contribution is 5.59. The van der Waals surface area contributed by atoms with Crippen molar-refractivity contribution in [1.82, 2.24) is 9.97 Å². The Labute approximate surface area is 126 Å². The van der Waals surface area contributed by atoms with Gasteiger partial charge in [0.1, 0.15) is 17.5 Å². The summed E-state index contributed by atoms with van der Waals surface area (Å²) in [6.07, 6.45) is -2.65. The monoisotopic (exact) mass is 308 g/mol. The third-order valence-electron chi connectivity index (χ3n) is 2.75. The van der Waals surface area contributed by atoms with E-state index < -0.39 is 11.7 Å². The molecule has 0 fully saturated rings. The first-order valence-corrected chi connectivity index (χ1v) is 6.53. The zero-order chi connectivity index (χ0) is 16.2. The van der Waals surface area contributed by atoms with Crippen LogP contribution in [0.4, 0.5) is 30.5 Å². The molecule has 0 atom stereocenters. The zero-order valence-electron chi connectivity index (χ0n) is 11.9. The van der Waals surface area contributed by atoms with E-state index in [1.165, 1.54) is 12.1 Å². The molecule has 1 aromatic carbocycles. The number of alkyl halides is 3. The lowest BCUT2D eigenvalue weighted by atomic mass is 10.2. The first kappa shape index (κ1) is 15.8. The maximum Gasteiger partial charge on any atom is 0.416 e. The van der Waals surface area contributed by atoms with E-state index in [1.54, 1.807) is 19.1 Å². The molecule has 1 heterocycles. The summed E-state index contributed by atoms with van der Waals surface area (Å²) >= 11 is 0. The van der Waals surface area contributed by atoms with Gasteiger partial charge >= 0.3 is 6.18 Å². The van der Waals surface area contributed by atoms with Crippen LogP contribution in [0, 0.1) is 6.92 Å². The second-order valence-electron chi connectivity index (χ2n) is 4.56. The summed E-state index contributed by atoms with van der Waals surface area (Å²) < 4.78 is 37.5. The second-order valence-corrected chi connectivity index (χ2v) is 4.56. The molecule has 116 valence electrons. The summed E-state index contributed by atoms with van der Waals surface area (Å²) in [6, 6.07) is 6.43. The fraction of sp³-hybridized carbons (Fsp3) is 0.200. The van der Waals surface area contributed by atoms with Crippen LogP contribution in [0.3, 0.4) is 0 Å². The molecule has 0 aliphatic heterocycles. The number of aryl methyl sites for hydroxylation is 1. The minimum Gasteiger partial charge on any atom is -0.366 e. The highest BCUT2D eigenvalue weighted by Gasteiger charge is 2.29. The largest absolute Gasteiger partial charge is 0.416 e. The molecule has 0 saturated heterocycles. The van der Waals surface area contributed by atoms with Gasteiger partial charge in [-0.25, -0.2) is 9.97 Å². The molecule has 1 aromatic heterocycles. The summed E-state index contributed by atoms with van der Waals surface area (Å²) in [5, 5.41) is 5.99. The summed E-state index contributed by atoms with van der Waals surface area (Å²) in [4.78, 5) is 8.40. The van der Waals surface area contributed by atoms with E-state index in [2.05, 4.69) is 27.2 Å². The van der Waals surface area contributed by atoms with Crippen molar-refractivity contribution in [2.24, 2.45) is 0 Å². The van der Waals surface area contributed by atoms with Gasteiger partial charge in [0.15, 0.2) is 0 Å². The van der Waals surface area contributed by atoms with E-state index in [9.17, 15) is 13.2 Å². The Morgan fingerprint density at radius 1 is 1.14 bits per heavy atom. The van der Waals surface area contributed by atoms with Gasteiger partial charge in [0.2, 0.25) is 0 Å². The van der Waals surface area contributed by atoms with Gasteiger partial charge in [-0.3, -0.25) is 0 Å². The minimum absolute atomic E-state index is 0.499. The number of hydrogen-bond donors (Lipinski definition) is 2. The fourth-order valence-electron chi connectivity index (χ4n) is 1.79. The number of hydrogen-bond acceptors (Lipinski definition) is 4. The van der Waals surface area contributed by atoms with Crippen molar-refractivity contribution >= 4 is 17.3 Å². The number of anilines is 3. The number of halogens is 3. The normalized spacial score (nSPS) is 11.1. The Morgan fingerprint density at radius 2 is 1.77 bits per heavy atom. The maximum atomic E-state index is 12.5. The molecule has 0 bridgehead atoms. The SMILES string of the molecule is C=CCNc1cc(Nc2ccc(C(F)(F)F)cc2)nc(C)n1. The van der Waals surface area contributed by atoms with Gasteiger partial charge in [0.25, 0.3) is 0 Å². The van der Waals surface area contributed by atoms with Crippen molar-refractivity contribution in [1.29, 1.82) is 0 Å². The molecule has 0 amide bonds. The van der Waals surface area contributed by atoms with E-state index in [0.717, 1.165) is 12.1 Å². The van der Waals surface area contributed by atoms with Crippen molar-refractivity contribution in [2.75, 3.05) is 17.2 Å². The average Bonchev–Trinajstić information content (AvgIpc) is 2.44. The predicted octanol–water partition coefficient (Wildman–Crippen LogP) is 4.15. The molecule has 2 N–H and O–H groups in total. The molecule has 0 saturated carbocycles. The third-order valence-corrected chi connectivity index (χ3v) is 2.75. The number of nitrogens with one attached hydrogen (secondary N) is 2. The minimum atomic E-state index is -4.34. The van der Waals surface area contributed by atoms with E-state index in [0.29, 0.717) is 29.7 Å². The summed E-state index contributed by atoms with van der Waals surface area (Å²) in [7, 11) is 0. The van der Waals surface area contributed by atoms with Crippen molar-refractivity contribution in [3.63, 3.8) is 0 Å². The van der Waals surface area contributed by atoms with Crippen LogP contribution in [0.2, 0.25) is 0 Å². The molecule has 7 heteroatoms. The summed E-state index contributed by atoms with van der Waals surface area (Å²) in [5.74, 6) is 1.66. The van der Waals surface area contributed by atoms with Crippen molar-refractivity contribution in [3.8, 4) is 0 Å². The lowest BCUT2D eigenvalue weighted by molar-refractivity contribution is -0.137. The number of nitrogens with zero attached hydrogens (tertiary/aromatic N) is 2. The zero-order valence-corrected chi connectivity index (χ0v) is 11.9. The maximum absolute atomic E-state index is 12.5. The second kappa shape index (κ2) is 6.46. The molecule has 0 spiro atoms. The van der Waals surface area contributed by atoms with Crippen LogP contribution >= 0.6 is 0 Å². The predicted molar refractivity (Wildman–Crippen MR) is 80.2 cm³/mol. The van der Waals surface area contributed by atoms with Gasteiger partial charge in [-0.05, 0) is 31.2 Å². The van der Waals surface area contributed by atoms with Gasteiger partial charge in [0.05, 0.1) is 5.56 Å². The van der Waals surface area contributed by atoms with E-state index >= 15 is 0 Å². The molecule has 0 unspecified atom stereocenters. The summed E-state index contributed by atoms with van der Waals surface area (Å²) in [5.41, 5.74) is -0.175. The van der Waals surface area contributed by atoms with Gasteiger partial charge in [-0.1, -0.05) is 6.08 Å². The molecule has 22 heavy (non-hydrogen) atoms. The Kier molecular flexibility index (Phi) is 4.65. The number of aromatic nitrogens is 2. The molecular weight excluding hydrogens is 293 g/mol. The Balaban J connectivity index is 2.16. The molecule has 4 nitrogen and oxygen atoms in total. The van der Waals surface area contributed by atoms with Gasteiger partial charge in [0, 0.05) is 18.3 Å². The summed E-state index contributed by atoms with van der Waals surface area (Å²) in [6.45, 7) is 5.89. The average molecular weight is 308 g/mol. The standard InChI is InChI=1S/C15H15F3N4/c1-3-8-19-13-9-14(21-10(2)20-13)22-12-6-4-11(5-7-12)15(16,17)18/h3-7,9H,1,8H2,2H3,(H2,19,20,21,22). The van der Waals surface area contributed by atoms with Crippen LogP contribution in [0.5, 0.6) is 0 Å². The number of rotatable bonds is 5.